The van der Waals surface area contributed by atoms with Crippen molar-refractivity contribution in [3.8, 4) is 0 Å². The van der Waals surface area contributed by atoms with Gasteiger partial charge >= 0.3 is 0 Å². The van der Waals surface area contributed by atoms with Crippen LogP contribution < -0.4 is 0 Å². The normalized spacial score (nSPS) is 26.9. The molecule has 0 aromatic carbocycles. The highest BCUT2D eigenvalue weighted by atomic mass is 16.5. The van der Waals surface area contributed by atoms with Gasteiger partial charge in [-0.1, -0.05) is 0 Å². The van der Waals surface area contributed by atoms with E-state index in [0.717, 1.165) is 19.4 Å². The molecule has 1 saturated carbocycles. The summed E-state index contributed by atoms with van der Waals surface area (Å²) >= 11 is 0. The van der Waals surface area contributed by atoms with E-state index in [1.807, 2.05) is 9.80 Å². The van der Waals surface area contributed by atoms with Gasteiger partial charge in [0.05, 0.1) is 17.9 Å². The highest BCUT2D eigenvalue weighted by molar-refractivity contribution is 5.91. The minimum Gasteiger partial charge on any atom is -0.459 e. The number of hydrogen-bond acceptors (Lipinski definition) is 4. The number of piperidine rings is 1. The predicted molar refractivity (Wildman–Crippen MR) is 86.4 cm³/mol. The SMILES string of the molecule is C[C@@H]1N(CC2CC2)C(=O)COC12CCN(C(=O)c1ccco1)CC2. The molecule has 24 heavy (non-hydrogen) atoms. The van der Waals surface area contributed by atoms with Crippen molar-refractivity contribution in [3.05, 3.63) is 24.2 Å². The summed E-state index contributed by atoms with van der Waals surface area (Å²) in [4.78, 5) is 28.5. The zero-order valence-corrected chi connectivity index (χ0v) is 14.1. The summed E-state index contributed by atoms with van der Waals surface area (Å²) < 4.78 is 11.2. The quantitative estimate of drug-likeness (QED) is 0.848. The van der Waals surface area contributed by atoms with Gasteiger partial charge in [-0.15, -0.1) is 0 Å². The molecule has 2 aliphatic heterocycles. The van der Waals surface area contributed by atoms with Gasteiger partial charge in [0.25, 0.3) is 5.91 Å². The van der Waals surface area contributed by atoms with E-state index in [0.29, 0.717) is 24.8 Å². The molecule has 0 bridgehead atoms. The first-order valence-electron chi connectivity index (χ1n) is 8.85. The summed E-state index contributed by atoms with van der Waals surface area (Å²) in [5.74, 6) is 1.10. The lowest BCUT2D eigenvalue weighted by Crippen LogP contribution is -2.64. The molecule has 1 aromatic heterocycles. The number of ether oxygens (including phenoxy) is 1. The van der Waals surface area contributed by atoms with E-state index in [1.165, 1.54) is 19.1 Å². The molecule has 130 valence electrons. The Labute approximate surface area is 141 Å². The third-order valence-corrected chi connectivity index (χ3v) is 5.81. The number of nitrogens with zero attached hydrogens (tertiary/aromatic N) is 2. The highest BCUT2D eigenvalue weighted by Crippen LogP contribution is 2.38. The highest BCUT2D eigenvalue weighted by Gasteiger charge is 2.49. The lowest BCUT2D eigenvalue weighted by Gasteiger charge is -2.51. The van der Waals surface area contributed by atoms with E-state index in [2.05, 4.69) is 6.92 Å². The zero-order valence-electron chi connectivity index (χ0n) is 14.1. The Morgan fingerprint density at radius 3 is 2.71 bits per heavy atom. The third kappa shape index (κ3) is 2.73. The molecule has 2 amide bonds. The van der Waals surface area contributed by atoms with Crippen molar-refractivity contribution in [3.63, 3.8) is 0 Å². The van der Waals surface area contributed by atoms with E-state index in [9.17, 15) is 9.59 Å². The fraction of sp³-hybridized carbons (Fsp3) is 0.667. The molecular formula is C18H24N2O4. The van der Waals surface area contributed by atoms with Crippen molar-refractivity contribution in [1.82, 2.24) is 9.80 Å². The first kappa shape index (κ1) is 15.7. The van der Waals surface area contributed by atoms with Gasteiger partial charge in [0.2, 0.25) is 5.91 Å². The molecule has 1 atom stereocenters. The molecule has 6 heteroatoms. The summed E-state index contributed by atoms with van der Waals surface area (Å²) in [5, 5.41) is 0. The Morgan fingerprint density at radius 1 is 1.33 bits per heavy atom. The van der Waals surface area contributed by atoms with E-state index in [-0.39, 0.29) is 30.1 Å². The van der Waals surface area contributed by atoms with E-state index >= 15 is 0 Å². The molecular weight excluding hydrogens is 308 g/mol. The van der Waals surface area contributed by atoms with Crippen molar-refractivity contribution in [2.45, 2.75) is 44.2 Å². The van der Waals surface area contributed by atoms with Crippen LogP contribution in [0.5, 0.6) is 0 Å². The summed E-state index contributed by atoms with van der Waals surface area (Å²) in [6.07, 6.45) is 5.50. The second-order valence-electron chi connectivity index (χ2n) is 7.29. The van der Waals surface area contributed by atoms with Crippen LogP contribution in [0.25, 0.3) is 0 Å². The molecule has 0 radical (unpaired) electrons. The Morgan fingerprint density at radius 2 is 2.08 bits per heavy atom. The molecule has 6 nitrogen and oxygen atoms in total. The Balaban J connectivity index is 1.43. The second kappa shape index (κ2) is 5.92. The van der Waals surface area contributed by atoms with Crippen LogP contribution in [0.1, 0.15) is 43.2 Å². The van der Waals surface area contributed by atoms with Gasteiger partial charge in [-0.2, -0.15) is 0 Å². The van der Waals surface area contributed by atoms with Crippen LogP contribution in [0.15, 0.2) is 22.8 Å². The summed E-state index contributed by atoms with van der Waals surface area (Å²) in [6.45, 7) is 4.40. The summed E-state index contributed by atoms with van der Waals surface area (Å²) in [6, 6.07) is 3.50. The van der Waals surface area contributed by atoms with E-state index in [1.54, 1.807) is 12.1 Å². The number of amides is 2. The minimum atomic E-state index is -0.317. The second-order valence-corrected chi connectivity index (χ2v) is 7.29. The van der Waals surface area contributed by atoms with Gasteiger partial charge in [0.15, 0.2) is 5.76 Å². The van der Waals surface area contributed by atoms with Gasteiger partial charge in [-0.25, -0.2) is 0 Å². The average molecular weight is 332 g/mol. The molecule has 0 N–H and O–H groups in total. The van der Waals surface area contributed by atoms with Crippen LogP contribution in [0.3, 0.4) is 0 Å². The maximum atomic E-state index is 12.4. The maximum Gasteiger partial charge on any atom is 0.289 e. The first-order chi connectivity index (χ1) is 11.6. The van der Waals surface area contributed by atoms with Gasteiger partial charge < -0.3 is 19.0 Å². The molecule has 1 spiro atoms. The molecule has 1 aromatic rings. The zero-order chi connectivity index (χ0) is 16.7. The van der Waals surface area contributed by atoms with Crippen molar-refractivity contribution >= 4 is 11.8 Å². The first-order valence-corrected chi connectivity index (χ1v) is 8.85. The Hall–Kier alpha value is -1.82. The standard InChI is InChI=1S/C18H24N2O4/c1-13-18(24-12-16(21)20(13)11-14-4-5-14)6-8-19(9-7-18)17(22)15-3-2-10-23-15/h2-3,10,13-14H,4-9,11-12H2,1H3/t13-/m0/s1. The number of rotatable bonds is 3. The van der Waals surface area contributed by atoms with Gasteiger partial charge in [0.1, 0.15) is 6.61 Å². The van der Waals surface area contributed by atoms with Crippen LogP contribution >= 0.6 is 0 Å². The Bertz CT molecular complexity index is 615. The molecule has 1 aliphatic carbocycles. The molecule has 3 heterocycles. The number of likely N-dealkylation sites (tertiary alicyclic amines) is 1. The third-order valence-electron chi connectivity index (χ3n) is 5.81. The van der Waals surface area contributed by atoms with Crippen molar-refractivity contribution < 1.29 is 18.7 Å². The molecule has 3 fully saturated rings. The topological polar surface area (TPSA) is 63.0 Å². The molecule has 4 rings (SSSR count). The van der Waals surface area contributed by atoms with Crippen molar-refractivity contribution in [2.75, 3.05) is 26.2 Å². The fourth-order valence-electron chi connectivity index (χ4n) is 3.95. The van der Waals surface area contributed by atoms with Crippen LogP contribution in [-0.4, -0.2) is 59.5 Å². The van der Waals surface area contributed by atoms with E-state index < -0.39 is 0 Å². The van der Waals surface area contributed by atoms with Crippen LogP contribution in [0, 0.1) is 5.92 Å². The lowest BCUT2D eigenvalue weighted by molar-refractivity contribution is -0.185. The lowest BCUT2D eigenvalue weighted by atomic mass is 9.82. The largest absolute Gasteiger partial charge is 0.459 e. The summed E-state index contributed by atoms with van der Waals surface area (Å²) in [7, 11) is 0. The monoisotopic (exact) mass is 332 g/mol. The number of carbonyl (C=O) groups is 2. The molecule has 2 saturated heterocycles. The smallest absolute Gasteiger partial charge is 0.289 e. The van der Waals surface area contributed by atoms with Crippen LogP contribution in [0.2, 0.25) is 0 Å². The number of carbonyl (C=O) groups excluding carboxylic acids is 2. The van der Waals surface area contributed by atoms with Crippen LogP contribution in [-0.2, 0) is 9.53 Å². The average Bonchev–Trinajstić information content (AvgIpc) is 3.25. The number of furan rings is 1. The van der Waals surface area contributed by atoms with Gasteiger partial charge in [0, 0.05) is 19.6 Å². The van der Waals surface area contributed by atoms with Crippen molar-refractivity contribution in [1.29, 1.82) is 0 Å². The molecule has 0 unspecified atom stereocenters. The predicted octanol–water partition coefficient (Wildman–Crippen LogP) is 1.91. The fourth-order valence-corrected chi connectivity index (χ4v) is 3.95. The van der Waals surface area contributed by atoms with E-state index in [4.69, 9.17) is 9.15 Å². The minimum absolute atomic E-state index is 0.0655. The number of hydrogen-bond donors (Lipinski definition) is 0. The van der Waals surface area contributed by atoms with Crippen molar-refractivity contribution in [2.24, 2.45) is 5.92 Å². The maximum absolute atomic E-state index is 12.4. The Kier molecular flexibility index (Phi) is 3.87. The number of morpholine rings is 1. The van der Waals surface area contributed by atoms with Gasteiger partial charge in [-0.05, 0) is 50.7 Å². The van der Waals surface area contributed by atoms with Crippen LogP contribution in [0.4, 0.5) is 0 Å². The molecule has 3 aliphatic rings. The summed E-state index contributed by atoms with van der Waals surface area (Å²) in [5.41, 5.74) is -0.317. The van der Waals surface area contributed by atoms with Gasteiger partial charge in [-0.3, -0.25) is 9.59 Å².